The second kappa shape index (κ2) is 9.56. The van der Waals surface area contributed by atoms with E-state index in [1.807, 2.05) is 6.92 Å². The molecule has 0 amide bonds. The van der Waals surface area contributed by atoms with Crippen LogP contribution in [0.25, 0.3) is 0 Å². The minimum absolute atomic E-state index is 0.00865. The fourth-order valence-electron chi connectivity index (χ4n) is 2.58. The first kappa shape index (κ1) is 18.6. The monoisotopic (exact) mass is 346 g/mol. The number of carbonyl (C=O) groups is 2. The van der Waals surface area contributed by atoms with E-state index in [0.717, 1.165) is 25.7 Å². The van der Waals surface area contributed by atoms with Crippen molar-refractivity contribution in [3.8, 4) is 0 Å². The van der Waals surface area contributed by atoms with Gasteiger partial charge < -0.3 is 9.47 Å². The van der Waals surface area contributed by atoms with Crippen LogP contribution in [0.1, 0.15) is 38.3 Å². The van der Waals surface area contributed by atoms with Gasteiger partial charge in [0.25, 0.3) is 0 Å². The van der Waals surface area contributed by atoms with E-state index in [0.29, 0.717) is 0 Å². The van der Waals surface area contributed by atoms with Gasteiger partial charge in [-0.2, -0.15) is 0 Å². The Balaban J connectivity index is 2.04. The van der Waals surface area contributed by atoms with Crippen molar-refractivity contribution < 1.29 is 23.9 Å². The summed E-state index contributed by atoms with van der Waals surface area (Å²) in [6, 6.07) is 4.93. The van der Waals surface area contributed by atoms with Gasteiger partial charge >= 0.3 is 12.1 Å². The highest BCUT2D eigenvalue weighted by Crippen LogP contribution is 2.26. The third kappa shape index (κ3) is 5.70. The predicted molar refractivity (Wildman–Crippen MR) is 90.9 cm³/mol. The van der Waals surface area contributed by atoms with Crippen LogP contribution in [-0.4, -0.2) is 35.5 Å². The molecule has 7 nitrogen and oxygen atoms in total. The Morgan fingerprint density at radius 1 is 1.36 bits per heavy atom. The van der Waals surface area contributed by atoms with Gasteiger partial charge in [0, 0.05) is 6.20 Å². The number of oxime groups is 1. The van der Waals surface area contributed by atoms with Crippen LogP contribution in [0, 0.1) is 5.92 Å². The van der Waals surface area contributed by atoms with Crippen LogP contribution in [0.2, 0.25) is 0 Å². The maximum absolute atomic E-state index is 12.1. The fraction of sp³-hybridized carbons (Fsp3) is 0.444. The molecule has 0 spiro atoms. The van der Waals surface area contributed by atoms with Gasteiger partial charge in [-0.05, 0) is 37.3 Å². The minimum atomic E-state index is -0.941. The lowest BCUT2D eigenvalue weighted by Crippen LogP contribution is -2.28. The lowest BCUT2D eigenvalue weighted by atomic mass is 9.88. The molecule has 1 aromatic rings. The molecule has 1 aliphatic rings. The van der Waals surface area contributed by atoms with Crippen molar-refractivity contribution in [2.75, 3.05) is 6.61 Å². The van der Waals surface area contributed by atoms with Crippen molar-refractivity contribution in [2.24, 2.45) is 11.1 Å². The molecule has 0 radical (unpaired) electrons. The molecule has 7 heteroatoms. The highest BCUT2D eigenvalue weighted by Gasteiger charge is 2.26. The van der Waals surface area contributed by atoms with Crippen LogP contribution < -0.4 is 0 Å². The van der Waals surface area contributed by atoms with E-state index in [2.05, 4.69) is 16.7 Å². The number of rotatable bonds is 6. The standard InChI is InChI=1S/C18H22N2O5/c1-3-12-23-17(21)16(14-9-6-7-11-19-14)20-25-18(22)24-15-10-5-4-8-13(15)2/h3,6-7,9,11,13,15H,1,4-5,8,10,12H2,2H3/b20-16+/t13-,15-/m0/s1. The van der Waals surface area contributed by atoms with E-state index in [-0.39, 0.29) is 30.0 Å². The Labute approximate surface area is 146 Å². The molecule has 1 aliphatic carbocycles. The molecule has 1 saturated carbocycles. The summed E-state index contributed by atoms with van der Waals surface area (Å²) in [5.74, 6) is -0.490. The average molecular weight is 346 g/mol. The Hall–Kier alpha value is -2.70. The summed E-state index contributed by atoms with van der Waals surface area (Å²) in [6.45, 7) is 5.52. The molecule has 0 aliphatic heterocycles. The van der Waals surface area contributed by atoms with Gasteiger partial charge in [-0.15, -0.1) is 0 Å². The molecule has 0 aromatic carbocycles. The topological polar surface area (TPSA) is 87.1 Å². The quantitative estimate of drug-likeness (QED) is 0.258. The Morgan fingerprint density at radius 3 is 2.84 bits per heavy atom. The van der Waals surface area contributed by atoms with E-state index in [1.54, 1.807) is 18.2 Å². The van der Waals surface area contributed by atoms with Crippen LogP contribution in [0.4, 0.5) is 4.79 Å². The molecule has 2 atom stereocenters. The third-order valence-corrected chi connectivity index (χ3v) is 3.92. The lowest BCUT2D eigenvalue weighted by Gasteiger charge is -2.27. The number of hydrogen-bond acceptors (Lipinski definition) is 7. The van der Waals surface area contributed by atoms with E-state index in [1.165, 1.54) is 12.3 Å². The average Bonchev–Trinajstić information content (AvgIpc) is 2.63. The molecular weight excluding hydrogens is 324 g/mol. The van der Waals surface area contributed by atoms with Crippen LogP contribution in [-0.2, 0) is 19.1 Å². The summed E-state index contributed by atoms with van der Waals surface area (Å²) in [7, 11) is 0. The van der Waals surface area contributed by atoms with Gasteiger partial charge in [0.2, 0.25) is 5.71 Å². The minimum Gasteiger partial charge on any atom is -0.457 e. The van der Waals surface area contributed by atoms with Gasteiger partial charge in [0.1, 0.15) is 12.7 Å². The third-order valence-electron chi connectivity index (χ3n) is 3.92. The zero-order valence-electron chi connectivity index (χ0n) is 14.2. The number of hydrogen-bond donors (Lipinski definition) is 0. The van der Waals surface area contributed by atoms with Crippen molar-refractivity contribution in [1.29, 1.82) is 0 Å². The summed E-state index contributed by atoms with van der Waals surface area (Å²) < 4.78 is 10.2. The summed E-state index contributed by atoms with van der Waals surface area (Å²) >= 11 is 0. The molecular formula is C18H22N2O5. The first-order chi connectivity index (χ1) is 12.1. The van der Waals surface area contributed by atoms with Gasteiger partial charge in [-0.25, -0.2) is 9.59 Å². The Morgan fingerprint density at radius 2 is 2.16 bits per heavy atom. The van der Waals surface area contributed by atoms with Gasteiger partial charge in [-0.3, -0.25) is 9.82 Å². The molecule has 0 bridgehead atoms. The molecule has 134 valence electrons. The zero-order chi connectivity index (χ0) is 18.1. The number of nitrogens with zero attached hydrogens (tertiary/aromatic N) is 2. The van der Waals surface area contributed by atoms with Crippen molar-refractivity contribution in [3.63, 3.8) is 0 Å². The van der Waals surface area contributed by atoms with Crippen LogP contribution >= 0.6 is 0 Å². The smallest absolute Gasteiger partial charge is 0.457 e. The second-order valence-electron chi connectivity index (χ2n) is 5.80. The summed E-state index contributed by atoms with van der Waals surface area (Å²) in [5, 5.41) is 3.61. The van der Waals surface area contributed by atoms with Crippen LogP contribution in [0.5, 0.6) is 0 Å². The first-order valence-corrected chi connectivity index (χ1v) is 8.27. The van der Waals surface area contributed by atoms with Gasteiger partial charge in [-0.1, -0.05) is 37.2 Å². The number of ether oxygens (including phenoxy) is 2. The van der Waals surface area contributed by atoms with Gasteiger partial charge in [0.05, 0.1) is 5.69 Å². The number of carbonyl (C=O) groups excluding carboxylic acids is 2. The van der Waals surface area contributed by atoms with Gasteiger partial charge in [0.15, 0.2) is 0 Å². The van der Waals surface area contributed by atoms with Crippen molar-refractivity contribution in [1.82, 2.24) is 4.98 Å². The molecule has 1 heterocycles. The largest absolute Gasteiger partial charge is 0.535 e. The molecule has 1 fully saturated rings. The first-order valence-electron chi connectivity index (χ1n) is 8.27. The van der Waals surface area contributed by atoms with Crippen LogP contribution in [0.15, 0.2) is 42.2 Å². The summed E-state index contributed by atoms with van der Waals surface area (Å²) in [4.78, 5) is 32.8. The highest BCUT2D eigenvalue weighted by molar-refractivity contribution is 6.42. The maximum Gasteiger partial charge on any atom is 0.535 e. The van der Waals surface area contributed by atoms with Crippen molar-refractivity contribution >= 4 is 17.8 Å². The molecule has 0 N–H and O–H groups in total. The molecule has 25 heavy (non-hydrogen) atoms. The van der Waals surface area contributed by atoms with E-state index in [9.17, 15) is 9.59 Å². The van der Waals surface area contributed by atoms with Crippen molar-refractivity contribution in [2.45, 2.75) is 38.7 Å². The maximum atomic E-state index is 12.1. The van der Waals surface area contributed by atoms with E-state index < -0.39 is 12.1 Å². The number of esters is 1. The van der Waals surface area contributed by atoms with E-state index in [4.69, 9.17) is 14.3 Å². The summed E-state index contributed by atoms with van der Waals surface area (Å²) in [6.07, 6.45) is 5.74. The fourth-order valence-corrected chi connectivity index (χ4v) is 2.58. The van der Waals surface area contributed by atoms with E-state index >= 15 is 0 Å². The predicted octanol–water partition coefficient (Wildman–Crippen LogP) is 3.25. The lowest BCUT2D eigenvalue weighted by molar-refractivity contribution is -0.134. The normalized spacial score (nSPS) is 20.4. The zero-order valence-corrected chi connectivity index (χ0v) is 14.2. The molecule has 1 aromatic heterocycles. The number of aromatic nitrogens is 1. The Bertz CT molecular complexity index is 630. The van der Waals surface area contributed by atoms with Crippen LogP contribution in [0.3, 0.4) is 0 Å². The SMILES string of the molecule is C=CCOC(=O)/C(=N/OC(=O)O[C@H]1CCCC[C@@H]1C)c1ccccn1. The molecule has 2 rings (SSSR count). The Kier molecular flexibility index (Phi) is 7.13. The number of pyridine rings is 1. The molecule has 0 unspecified atom stereocenters. The highest BCUT2D eigenvalue weighted by atomic mass is 16.8. The summed E-state index contributed by atoms with van der Waals surface area (Å²) in [5.41, 5.74) is 0.0199. The van der Waals surface area contributed by atoms with Crippen molar-refractivity contribution in [3.05, 3.63) is 42.7 Å². The molecule has 0 saturated heterocycles. The second-order valence-corrected chi connectivity index (χ2v) is 5.80.